The third-order valence-corrected chi connectivity index (χ3v) is 10.5. The zero-order chi connectivity index (χ0) is 41.4. The van der Waals surface area contributed by atoms with Crippen LogP contribution in [0, 0.1) is 0 Å². The molecule has 56 heavy (non-hydrogen) atoms. The van der Waals surface area contributed by atoms with Gasteiger partial charge in [-0.1, -0.05) is 19.1 Å². The average Bonchev–Trinajstić information content (AvgIpc) is 3.65. The summed E-state index contributed by atoms with van der Waals surface area (Å²) in [6.07, 6.45) is -1.31. The number of likely N-dealkylation sites (tertiary alicyclic amines) is 1. The Labute approximate surface area is 322 Å². The molecule has 5 rings (SSSR count). The van der Waals surface area contributed by atoms with E-state index in [1.165, 1.54) is 24.3 Å². The van der Waals surface area contributed by atoms with Crippen LogP contribution in [0.4, 0.5) is 29.3 Å². The highest BCUT2D eigenvalue weighted by molar-refractivity contribution is 7.91. The number of alkyl halides is 3. The molecule has 2 amide bonds. The van der Waals surface area contributed by atoms with Crippen LogP contribution in [-0.4, -0.2) is 79.7 Å². The minimum absolute atomic E-state index is 0.105. The number of aromatic nitrogens is 1. The second kappa shape index (κ2) is 18.3. The molecule has 1 saturated heterocycles. The van der Waals surface area contributed by atoms with Crippen molar-refractivity contribution in [2.45, 2.75) is 69.8 Å². The summed E-state index contributed by atoms with van der Waals surface area (Å²) in [7, 11) is -2.45. The van der Waals surface area contributed by atoms with E-state index in [4.69, 9.17) is 30.0 Å². The predicted molar refractivity (Wildman–Crippen MR) is 202 cm³/mol. The Morgan fingerprint density at radius 3 is 2.38 bits per heavy atom. The molecule has 14 nitrogen and oxygen atoms in total. The zero-order valence-corrected chi connectivity index (χ0v) is 32.2. The van der Waals surface area contributed by atoms with Gasteiger partial charge in [-0.2, -0.15) is 13.2 Å². The monoisotopic (exact) mass is 803 g/mol. The van der Waals surface area contributed by atoms with Crippen LogP contribution in [-0.2, 0) is 24.2 Å². The van der Waals surface area contributed by atoms with Gasteiger partial charge in [0.25, 0.3) is 5.91 Å². The minimum Gasteiger partial charge on any atom is -0.490 e. The molecule has 0 saturated carbocycles. The zero-order valence-electron chi connectivity index (χ0n) is 31.4. The number of hydrogen-bond acceptors (Lipinski definition) is 11. The van der Waals surface area contributed by atoms with E-state index in [-0.39, 0.29) is 22.7 Å². The first kappa shape index (κ1) is 43.1. The Balaban J connectivity index is 0.000000908. The van der Waals surface area contributed by atoms with Crippen LogP contribution in [0.25, 0.3) is 10.8 Å². The molecule has 0 aliphatic carbocycles. The summed E-state index contributed by atoms with van der Waals surface area (Å²) in [5.74, 6) is 4.71. The minimum atomic E-state index is -5.08. The second-order valence-electron chi connectivity index (χ2n) is 12.8. The van der Waals surface area contributed by atoms with E-state index in [0.29, 0.717) is 60.0 Å². The maximum atomic E-state index is 15.0. The number of nitrogens with zero attached hydrogens (tertiary/aromatic N) is 3. The number of anilines is 2. The number of benzene rings is 3. The molecule has 1 aromatic heterocycles. The molecular weight excluding hydrogens is 760 g/mol. The van der Waals surface area contributed by atoms with Gasteiger partial charge < -0.3 is 24.2 Å². The van der Waals surface area contributed by atoms with Crippen molar-refractivity contribution in [3.63, 3.8) is 0 Å². The number of fused-ring (bicyclic) bond motifs is 1. The molecule has 0 spiro atoms. The Morgan fingerprint density at radius 2 is 1.75 bits per heavy atom. The molecule has 302 valence electrons. The first-order valence-electron chi connectivity index (χ1n) is 17.5. The fourth-order valence-electron chi connectivity index (χ4n) is 6.12. The van der Waals surface area contributed by atoms with Crippen molar-refractivity contribution in [1.82, 2.24) is 9.88 Å². The third-order valence-electron chi connectivity index (χ3n) is 8.67. The highest BCUT2D eigenvalue weighted by atomic mass is 32.2. The molecule has 18 heteroatoms. The summed E-state index contributed by atoms with van der Waals surface area (Å²) >= 11 is 0. The van der Waals surface area contributed by atoms with E-state index in [0.717, 1.165) is 10.8 Å². The number of hydrazine groups is 1. The van der Waals surface area contributed by atoms with Crippen molar-refractivity contribution < 1.29 is 55.3 Å². The topological polar surface area (TPSA) is 191 Å². The maximum Gasteiger partial charge on any atom is 0.490 e. The van der Waals surface area contributed by atoms with E-state index < -0.39 is 40.2 Å². The number of nitrogens with two attached hydrogens (primary N) is 1. The summed E-state index contributed by atoms with van der Waals surface area (Å²) < 4.78 is 75.1. The molecule has 4 N–H and O–H groups in total. The van der Waals surface area contributed by atoms with Crippen molar-refractivity contribution in [2.75, 3.05) is 36.3 Å². The van der Waals surface area contributed by atoms with Gasteiger partial charge in [-0.15, -0.1) is 0 Å². The molecule has 0 bridgehead atoms. The maximum absolute atomic E-state index is 15.0. The van der Waals surface area contributed by atoms with E-state index in [9.17, 15) is 31.2 Å². The van der Waals surface area contributed by atoms with Crippen LogP contribution in [0.15, 0.2) is 78.0 Å². The lowest BCUT2D eigenvalue weighted by molar-refractivity contribution is -0.192. The predicted octanol–water partition coefficient (Wildman–Crippen LogP) is 6.81. The van der Waals surface area contributed by atoms with Crippen molar-refractivity contribution >= 4 is 50.0 Å². The number of hydrogen-bond donors (Lipinski definition) is 3. The van der Waals surface area contributed by atoms with E-state index >= 15 is 0 Å². The number of nitrogens with one attached hydrogen (secondary N) is 1. The quantitative estimate of drug-likeness (QED) is 0.100. The number of aliphatic carboxylic acids is 1. The normalized spacial score (nSPS) is 14.8. The van der Waals surface area contributed by atoms with E-state index in [2.05, 4.69) is 10.3 Å². The summed E-state index contributed by atoms with van der Waals surface area (Å²) in [4.78, 5) is 41.9. The van der Waals surface area contributed by atoms with Gasteiger partial charge in [-0.25, -0.2) is 23.8 Å². The SMILES string of the molecule is CCOc1cc([C@@H](C(=O)N2CCC[C@@H]2c2cc(NC(=O)OC)ccc2S(=O)(=O)CC)N(N)c2ccc3cnccc3c2)ccc1OC(C)C.O=C(O)C(F)(F)F. The Morgan fingerprint density at radius 1 is 1.04 bits per heavy atom. The average molecular weight is 804 g/mol. The summed E-state index contributed by atoms with van der Waals surface area (Å²) in [5, 5.41) is 13.0. The largest absolute Gasteiger partial charge is 0.490 e. The lowest BCUT2D eigenvalue weighted by Gasteiger charge is -2.35. The molecule has 0 unspecified atom stereocenters. The standard InChI is InChI=1S/C36H43N5O7S.C2HF3O2/c1-6-47-32-20-25(11-14-31(32)48-23(3)4)34(41(37)28-13-10-26-22-38-17-16-24(26)19-28)35(42)40-18-8-9-30(40)29-21-27(39-36(43)46-5)12-15-33(29)49(44,45)7-2;3-2(4,5)1(6)7/h10-17,19-23,30,34H,6-9,18,37H2,1-5H3,(H,39,43);(H,6,7)/t30-,34+;/m1./s1. The van der Waals surface area contributed by atoms with Gasteiger partial charge in [0.05, 0.1) is 42.2 Å². The lowest BCUT2D eigenvalue weighted by atomic mass is 10.00. The molecule has 0 radical (unpaired) electrons. The summed E-state index contributed by atoms with van der Waals surface area (Å²) in [5.41, 5.74) is 1.92. The van der Waals surface area contributed by atoms with Crippen LogP contribution in [0.2, 0.25) is 0 Å². The third kappa shape index (κ3) is 10.4. The molecular formula is C38H44F3N5O9S. The number of carbonyl (C=O) groups is 3. The second-order valence-corrected chi connectivity index (χ2v) is 15.0. The molecule has 1 aliphatic heterocycles. The number of halogens is 3. The van der Waals surface area contributed by atoms with Crippen LogP contribution in [0.3, 0.4) is 0 Å². The number of rotatable bonds is 12. The molecule has 1 fully saturated rings. The van der Waals surface area contributed by atoms with Gasteiger partial charge in [0.2, 0.25) is 0 Å². The smallest absolute Gasteiger partial charge is 0.490 e. The number of carboxylic acids is 1. The van der Waals surface area contributed by atoms with Crippen LogP contribution >= 0.6 is 0 Å². The number of carboxylic acid groups (broad SMARTS) is 1. The van der Waals surface area contributed by atoms with Gasteiger partial charge in [0.15, 0.2) is 21.3 Å². The number of carbonyl (C=O) groups excluding carboxylic acids is 2. The van der Waals surface area contributed by atoms with E-state index in [1.54, 1.807) is 48.5 Å². The molecule has 1 aliphatic rings. The number of pyridine rings is 1. The fraction of sp³-hybridized carbons (Fsp3) is 0.368. The van der Waals surface area contributed by atoms with Gasteiger partial charge in [0, 0.05) is 30.0 Å². The van der Waals surface area contributed by atoms with Crippen LogP contribution in [0.5, 0.6) is 11.5 Å². The van der Waals surface area contributed by atoms with Gasteiger partial charge in [-0.3, -0.25) is 20.1 Å². The number of sulfone groups is 1. The first-order valence-corrected chi connectivity index (χ1v) is 19.2. The lowest BCUT2D eigenvalue weighted by Crippen LogP contribution is -2.46. The highest BCUT2D eigenvalue weighted by Crippen LogP contribution is 2.41. The number of methoxy groups -OCH3 is 1. The van der Waals surface area contributed by atoms with Crippen molar-refractivity contribution in [3.8, 4) is 11.5 Å². The van der Waals surface area contributed by atoms with Gasteiger partial charge in [-0.05, 0) is 98.7 Å². The molecule has 3 aromatic carbocycles. The molecule has 2 heterocycles. The van der Waals surface area contributed by atoms with E-state index in [1.807, 2.05) is 45.0 Å². The Hall–Kier alpha value is -5.62. The Bertz CT molecular complexity index is 2150. The van der Waals surface area contributed by atoms with Gasteiger partial charge in [0.1, 0.15) is 6.04 Å². The summed E-state index contributed by atoms with van der Waals surface area (Å²) in [6.45, 7) is 8.02. The van der Waals surface area contributed by atoms with Crippen molar-refractivity contribution in [2.24, 2.45) is 5.84 Å². The summed E-state index contributed by atoms with van der Waals surface area (Å²) in [6, 6.07) is 15.8. The first-order chi connectivity index (χ1) is 26.4. The van der Waals surface area contributed by atoms with Crippen LogP contribution in [0.1, 0.15) is 63.7 Å². The van der Waals surface area contributed by atoms with Crippen molar-refractivity contribution in [3.05, 3.63) is 84.2 Å². The highest BCUT2D eigenvalue weighted by Gasteiger charge is 2.40. The fourth-order valence-corrected chi connectivity index (χ4v) is 7.26. The van der Waals surface area contributed by atoms with Crippen LogP contribution < -0.4 is 25.6 Å². The molecule has 4 aromatic rings. The Kier molecular flexibility index (Phi) is 14.1. The number of ether oxygens (including phenoxy) is 3. The van der Waals surface area contributed by atoms with Crippen molar-refractivity contribution in [1.29, 1.82) is 0 Å². The number of amides is 2. The van der Waals surface area contributed by atoms with Gasteiger partial charge >= 0.3 is 18.2 Å². The molecule has 2 atom stereocenters.